The lowest BCUT2D eigenvalue weighted by atomic mass is 9.97. The first-order chi connectivity index (χ1) is 31.5. The standard InChI is InChI=1S/C39H72N6O18P6/c1-34(2)13-52-64(46,53-14-34)25-43(26-65(47)54-15-35(3,4)16-55-65)31-40-32(44(27-66(48)56-17-36(5,6)18-57-66)28-67(49)58-19-37(7,8)20-59-67)42-33(41-31)45(29-68(50)60-21-38(9,10)22-61-68)30-69(51)62-23-39(11,12)24-63-69/h13-30H2,1-12H3. The lowest BCUT2D eigenvalue weighted by Gasteiger charge is -2.40. The smallest absolute Gasteiger partial charge is 0.317 e. The third-order valence-corrected chi connectivity index (χ3v) is 21.7. The Balaban J connectivity index is 1.40. The highest BCUT2D eigenvalue weighted by molar-refractivity contribution is 7.56. The van der Waals surface area contributed by atoms with Gasteiger partial charge in [-0.3, -0.25) is 27.4 Å². The summed E-state index contributed by atoms with van der Waals surface area (Å²) in [5.41, 5.74) is -3.01. The van der Waals surface area contributed by atoms with Gasteiger partial charge in [-0.2, -0.15) is 15.0 Å². The summed E-state index contributed by atoms with van der Waals surface area (Å²) in [5, 5.41) is 0. The molecule has 0 bridgehead atoms. The van der Waals surface area contributed by atoms with Crippen molar-refractivity contribution in [3.8, 4) is 0 Å². The maximum Gasteiger partial charge on any atom is 0.349 e. The average molecular weight is 1100 g/mol. The van der Waals surface area contributed by atoms with Crippen LogP contribution in [0.2, 0.25) is 0 Å². The molecule has 0 spiro atoms. The molecule has 69 heavy (non-hydrogen) atoms. The lowest BCUT2D eigenvalue weighted by molar-refractivity contribution is 0.0392. The monoisotopic (exact) mass is 1100 g/mol. The summed E-state index contributed by atoms with van der Waals surface area (Å²) in [7, 11) is -24.6. The minimum Gasteiger partial charge on any atom is -0.317 e. The number of nitrogens with zero attached hydrogens (tertiary/aromatic N) is 6. The van der Waals surface area contributed by atoms with Crippen molar-refractivity contribution in [2.45, 2.75) is 83.1 Å². The quantitative estimate of drug-likeness (QED) is 0.148. The fraction of sp³-hybridized carbons (Fsp3) is 0.923. The van der Waals surface area contributed by atoms with Gasteiger partial charge in [-0.15, -0.1) is 0 Å². The van der Waals surface area contributed by atoms with Gasteiger partial charge in [-0.1, -0.05) is 83.1 Å². The van der Waals surface area contributed by atoms with Crippen LogP contribution in [0.1, 0.15) is 83.1 Å². The van der Waals surface area contributed by atoms with Crippen molar-refractivity contribution < 1.29 is 81.7 Å². The normalized spacial score (nSPS) is 28.7. The van der Waals surface area contributed by atoms with Gasteiger partial charge in [0.05, 0.1) is 79.3 Å². The Labute approximate surface area is 406 Å². The average Bonchev–Trinajstić information content (AvgIpc) is 3.25. The topological polar surface area (TPSA) is 262 Å². The van der Waals surface area contributed by atoms with Crippen molar-refractivity contribution in [1.29, 1.82) is 0 Å². The summed E-state index contributed by atoms with van der Waals surface area (Å²) in [6.45, 7) is 23.1. The van der Waals surface area contributed by atoms with E-state index in [0.717, 1.165) is 0 Å². The molecule has 0 N–H and O–H groups in total. The molecular formula is C39H72N6O18P6. The highest BCUT2D eigenvalue weighted by atomic mass is 31.2. The molecule has 6 aliphatic rings. The van der Waals surface area contributed by atoms with Crippen LogP contribution >= 0.6 is 45.6 Å². The van der Waals surface area contributed by atoms with E-state index < -0.39 is 116 Å². The Morgan fingerprint density at radius 3 is 0.522 bits per heavy atom. The summed E-state index contributed by atoms with van der Waals surface area (Å²) in [4.78, 5) is 18.1. The van der Waals surface area contributed by atoms with Gasteiger partial charge in [-0.05, 0) is 0 Å². The number of hydrogen-bond acceptors (Lipinski definition) is 24. The second-order valence-corrected chi connectivity index (χ2v) is 35.8. The van der Waals surface area contributed by atoms with Crippen LogP contribution < -0.4 is 14.7 Å². The molecule has 0 unspecified atom stereocenters. The molecule has 0 aliphatic carbocycles. The van der Waals surface area contributed by atoms with Gasteiger partial charge in [0.15, 0.2) is 0 Å². The maximum atomic E-state index is 14.6. The first kappa shape index (κ1) is 56.0. The Morgan fingerprint density at radius 2 is 0.406 bits per heavy atom. The minimum atomic E-state index is -4.10. The number of anilines is 3. The largest absolute Gasteiger partial charge is 0.349 e. The third kappa shape index (κ3) is 15.2. The summed E-state index contributed by atoms with van der Waals surface area (Å²) in [6.07, 6.45) is -3.64. The second kappa shape index (κ2) is 19.8. The Bertz CT molecular complexity index is 1890. The Kier molecular flexibility index (Phi) is 16.1. The molecule has 6 saturated heterocycles. The molecule has 0 atom stereocenters. The van der Waals surface area contributed by atoms with Crippen molar-refractivity contribution in [2.75, 3.05) is 132 Å². The summed E-state index contributed by atoms with van der Waals surface area (Å²) < 4.78 is 159. The Hall–Kier alpha value is -0.690. The van der Waals surface area contributed by atoms with Crippen LogP contribution in [0.5, 0.6) is 0 Å². The van der Waals surface area contributed by atoms with Gasteiger partial charge >= 0.3 is 45.6 Å². The summed E-state index contributed by atoms with van der Waals surface area (Å²) >= 11 is 0. The van der Waals surface area contributed by atoms with Gasteiger partial charge < -0.3 is 69.0 Å². The summed E-state index contributed by atoms with van der Waals surface area (Å²) in [6, 6.07) is 0. The van der Waals surface area contributed by atoms with Gasteiger partial charge in [0, 0.05) is 32.5 Å². The fourth-order valence-corrected chi connectivity index (χ4v) is 19.1. The SMILES string of the molecule is CC1(C)COP(=O)(CN(CP2(=O)OCC(C)(C)CO2)c2nc(N(CP3(=O)OCC(C)(C)CO3)CP3(=O)OCC(C)(C)CO3)nc(N(CP3(=O)OCC(C)(C)CO3)CP3(=O)OCC(C)(C)CO3)n2)OC1. The fourth-order valence-electron chi connectivity index (χ4n) is 6.78. The predicted molar refractivity (Wildman–Crippen MR) is 256 cm³/mol. The van der Waals surface area contributed by atoms with Gasteiger partial charge in [0.2, 0.25) is 17.8 Å². The molecule has 396 valence electrons. The van der Waals surface area contributed by atoms with Crippen LogP contribution in [0, 0.1) is 32.5 Å². The van der Waals surface area contributed by atoms with Crippen LogP contribution in [-0.4, -0.2) is 132 Å². The molecule has 1 aromatic rings. The molecule has 0 aromatic carbocycles. The molecule has 6 aliphatic heterocycles. The van der Waals surface area contributed by atoms with E-state index in [1.165, 1.54) is 14.7 Å². The molecule has 1 aromatic heterocycles. The van der Waals surface area contributed by atoms with Crippen LogP contribution in [0.3, 0.4) is 0 Å². The maximum absolute atomic E-state index is 14.6. The molecule has 30 heteroatoms. The van der Waals surface area contributed by atoms with Crippen LogP contribution in [0.4, 0.5) is 17.8 Å². The van der Waals surface area contributed by atoms with Crippen molar-refractivity contribution in [3.63, 3.8) is 0 Å². The molecule has 0 saturated carbocycles. The zero-order valence-electron chi connectivity index (χ0n) is 41.9. The first-order valence-corrected chi connectivity index (χ1v) is 33.2. The zero-order valence-corrected chi connectivity index (χ0v) is 47.3. The first-order valence-electron chi connectivity index (χ1n) is 22.8. The number of hydrogen-bond donors (Lipinski definition) is 0. The van der Waals surface area contributed by atoms with Crippen molar-refractivity contribution in [2.24, 2.45) is 32.5 Å². The van der Waals surface area contributed by atoms with Crippen molar-refractivity contribution >= 4 is 63.4 Å². The number of rotatable bonds is 15. The minimum absolute atomic E-state index is 0.0442. The van der Waals surface area contributed by atoms with Crippen LogP contribution in [-0.2, 0) is 81.7 Å². The predicted octanol–water partition coefficient (Wildman–Crippen LogP) is 9.63. The van der Waals surface area contributed by atoms with Gasteiger partial charge in [-0.25, -0.2) is 0 Å². The van der Waals surface area contributed by atoms with Gasteiger partial charge in [0.25, 0.3) is 0 Å². The molecule has 6 fully saturated rings. The van der Waals surface area contributed by atoms with E-state index in [-0.39, 0.29) is 97.1 Å². The van der Waals surface area contributed by atoms with E-state index in [9.17, 15) is 27.4 Å². The van der Waals surface area contributed by atoms with E-state index in [0.29, 0.717) is 0 Å². The highest BCUT2D eigenvalue weighted by Crippen LogP contribution is 2.62. The highest BCUT2D eigenvalue weighted by Gasteiger charge is 2.48. The van der Waals surface area contributed by atoms with Crippen molar-refractivity contribution in [1.82, 2.24) is 15.0 Å². The van der Waals surface area contributed by atoms with E-state index >= 15 is 0 Å². The summed E-state index contributed by atoms with van der Waals surface area (Å²) in [5.74, 6) is -1.10. The molecule has 7 rings (SSSR count). The van der Waals surface area contributed by atoms with Crippen LogP contribution in [0.15, 0.2) is 0 Å². The van der Waals surface area contributed by atoms with E-state index in [4.69, 9.17) is 69.2 Å². The number of aromatic nitrogens is 3. The van der Waals surface area contributed by atoms with Crippen molar-refractivity contribution in [3.05, 3.63) is 0 Å². The molecule has 24 nitrogen and oxygen atoms in total. The van der Waals surface area contributed by atoms with E-state index in [2.05, 4.69) is 0 Å². The lowest BCUT2D eigenvalue weighted by Crippen LogP contribution is -2.40. The second-order valence-electron chi connectivity index (χ2n) is 23.6. The Morgan fingerprint density at radius 1 is 0.290 bits per heavy atom. The third-order valence-electron chi connectivity index (χ3n) is 11.3. The molecular weight excluding hydrogens is 1030 g/mol. The molecule has 0 amide bonds. The molecule has 0 radical (unpaired) electrons. The van der Waals surface area contributed by atoms with Crippen LogP contribution in [0.25, 0.3) is 0 Å². The van der Waals surface area contributed by atoms with Gasteiger partial charge in [0.1, 0.15) is 37.7 Å². The molecule has 7 heterocycles. The van der Waals surface area contributed by atoms with E-state index in [1.807, 2.05) is 83.1 Å². The van der Waals surface area contributed by atoms with E-state index in [1.54, 1.807) is 0 Å². The zero-order chi connectivity index (χ0) is 50.8.